The molecule has 1 aromatic heterocycles. The van der Waals surface area contributed by atoms with Gasteiger partial charge in [-0.1, -0.05) is 28.1 Å². The molecule has 1 aliphatic heterocycles. The summed E-state index contributed by atoms with van der Waals surface area (Å²) in [5.41, 5.74) is 1.89. The summed E-state index contributed by atoms with van der Waals surface area (Å²) in [5, 5.41) is 8.13. The number of imide groups is 1. The molecule has 22 heavy (non-hydrogen) atoms. The lowest BCUT2D eigenvalue weighted by molar-refractivity contribution is 0.0598. The van der Waals surface area contributed by atoms with E-state index in [0.717, 1.165) is 20.8 Å². The van der Waals surface area contributed by atoms with Crippen LogP contribution in [0.15, 0.2) is 47.2 Å². The van der Waals surface area contributed by atoms with E-state index in [1.807, 2.05) is 18.2 Å². The fourth-order valence-electron chi connectivity index (χ4n) is 2.80. The Kier molecular flexibility index (Phi) is 2.87. The largest absolute Gasteiger partial charge is 0.285 e. The Morgan fingerprint density at radius 2 is 1.86 bits per heavy atom. The van der Waals surface area contributed by atoms with E-state index in [-0.39, 0.29) is 18.4 Å². The number of hydrogen-bond donors (Lipinski definition) is 1. The van der Waals surface area contributed by atoms with Crippen molar-refractivity contribution < 1.29 is 9.59 Å². The predicted molar refractivity (Wildman–Crippen MR) is 84.4 cm³/mol. The molecule has 108 valence electrons. The Hall–Kier alpha value is -2.47. The molecule has 4 rings (SSSR count). The highest BCUT2D eigenvalue weighted by Gasteiger charge is 2.33. The number of aromatic amines is 1. The Labute approximate surface area is 134 Å². The van der Waals surface area contributed by atoms with Crippen molar-refractivity contribution in [2.75, 3.05) is 0 Å². The average molecular weight is 356 g/mol. The maximum atomic E-state index is 12.7. The third-order valence-electron chi connectivity index (χ3n) is 3.83. The Balaban J connectivity index is 1.91. The summed E-state index contributed by atoms with van der Waals surface area (Å²) < 4.78 is 0.872. The van der Waals surface area contributed by atoms with Crippen molar-refractivity contribution in [2.24, 2.45) is 0 Å². The summed E-state index contributed by atoms with van der Waals surface area (Å²) >= 11 is 3.47. The summed E-state index contributed by atoms with van der Waals surface area (Å²) in [5.74, 6) is -0.551. The van der Waals surface area contributed by atoms with Gasteiger partial charge in [0.1, 0.15) is 0 Å². The van der Waals surface area contributed by atoms with Crippen LogP contribution in [0.2, 0.25) is 0 Å². The van der Waals surface area contributed by atoms with Crippen LogP contribution < -0.4 is 0 Å². The Morgan fingerprint density at radius 1 is 1.09 bits per heavy atom. The zero-order valence-electron chi connectivity index (χ0n) is 11.3. The smallest absolute Gasteiger partial charge is 0.261 e. The van der Waals surface area contributed by atoms with Crippen LogP contribution in [-0.4, -0.2) is 26.9 Å². The minimum Gasteiger partial charge on any atom is -0.285 e. The molecular formula is C16H10BrN3O2. The first-order valence-electron chi connectivity index (χ1n) is 6.72. The van der Waals surface area contributed by atoms with Crippen LogP contribution in [0.3, 0.4) is 0 Å². The zero-order chi connectivity index (χ0) is 15.3. The minimum absolute atomic E-state index is 0.208. The molecule has 2 amide bonds. The average Bonchev–Trinajstić information content (AvgIpc) is 3.03. The number of benzene rings is 2. The normalized spacial score (nSPS) is 14.0. The molecule has 5 nitrogen and oxygen atoms in total. The summed E-state index contributed by atoms with van der Waals surface area (Å²) in [4.78, 5) is 26.7. The predicted octanol–water partition coefficient (Wildman–Crippen LogP) is 3.12. The van der Waals surface area contributed by atoms with Crippen molar-refractivity contribution in [1.29, 1.82) is 0 Å². The standard InChI is InChI=1S/C16H10BrN3O2/c17-13-5-4-12-14-10(13)2-1-3-11(14)15(21)20(16(12)22)8-9-6-18-19-7-9/h1-7H,8H2,(H,18,19). The van der Waals surface area contributed by atoms with Crippen LogP contribution in [0.5, 0.6) is 0 Å². The third kappa shape index (κ3) is 1.80. The van der Waals surface area contributed by atoms with Gasteiger partial charge in [-0.3, -0.25) is 19.6 Å². The molecule has 0 unspecified atom stereocenters. The number of amides is 2. The second kappa shape index (κ2) is 4.78. The van der Waals surface area contributed by atoms with Gasteiger partial charge in [-0.25, -0.2) is 0 Å². The number of carbonyl (C=O) groups excluding carboxylic acids is 2. The number of rotatable bonds is 2. The third-order valence-corrected chi connectivity index (χ3v) is 4.53. The van der Waals surface area contributed by atoms with Crippen molar-refractivity contribution in [3.63, 3.8) is 0 Å². The Bertz CT molecular complexity index is 896. The maximum absolute atomic E-state index is 12.7. The van der Waals surface area contributed by atoms with Gasteiger partial charge in [0.05, 0.1) is 12.7 Å². The van der Waals surface area contributed by atoms with Crippen LogP contribution in [0.25, 0.3) is 10.8 Å². The molecule has 6 heteroatoms. The maximum Gasteiger partial charge on any atom is 0.261 e. The molecule has 0 radical (unpaired) electrons. The molecule has 3 aromatic rings. The molecule has 2 aromatic carbocycles. The number of halogens is 1. The van der Waals surface area contributed by atoms with Crippen LogP contribution in [0.4, 0.5) is 0 Å². The number of hydrogen-bond acceptors (Lipinski definition) is 3. The summed E-state index contributed by atoms with van der Waals surface area (Å²) in [6, 6.07) is 9.09. The van der Waals surface area contributed by atoms with E-state index in [9.17, 15) is 9.59 Å². The molecule has 1 aliphatic rings. The highest BCUT2D eigenvalue weighted by Crippen LogP contribution is 2.34. The van der Waals surface area contributed by atoms with Gasteiger partial charge in [0.15, 0.2) is 0 Å². The number of nitrogens with one attached hydrogen (secondary N) is 1. The summed E-state index contributed by atoms with van der Waals surface area (Å²) in [6.45, 7) is 0.208. The lowest BCUT2D eigenvalue weighted by Crippen LogP contribution is -2.39. The van der Waals surface area contributed by atoms with E-state index in [1.54, 1.807) is 24.5 Å². The molecule has 2 heterocycles. The molecule has 0 saturated carbocycles. The number of nitrogens with zero attached hydrogens (tertiary/aromatic N) is 2. The van der Waals surface area contributed by atoms with Gasteiger partial charge in [-0.2, -0.15) is 5.10 Å². The van der Waals surface area contributed by atoms with Crippen molar-refractivity contribution in [2.45, 2.75) is 6.54 Å². The molecule has 0 bridgehead atoms. The second-order valence-corrected chi connectivity index (χ2v) is 5.98. The molecule has 1 N–H and O–H groups in total. The van der Waals surface area contributed by atoms with Crippen LogP contribution in [0.1, 0.15) is 26.3 Å². The highest BCUT2D eigenvalue weighted by molar-refractivity contribution is 9.10. The van der Waals surface area contributed by atoms with E-state index in [2.05, 4.69) is 26.1 Å². The molecular weight excluding hydrogens is 346 g/mol. The fraction of sp³-hybridized carbons (Fsp3) is 0.0625. The number of aromatic nitrogens is 2. The quantitative estimate of drug-likeness (QED) is 0.718. The van der Waals surface area contributed by atoms with Crippen molar-refractivity contribution in [3.8, 4) is 0 Å². The van der Waals surface area contributed by atoms with E-state index < -0.39 is 0 Å². The molecule has 0 spiro atoms. The zero-order valence-corrected chi connectivity index (χ0v) is 12.9. The monoisotopic (exact) mass is 355 g/mol. The lowest BCUT2D eigenvalue weighted by atomic mass is 9.94. The van der Waals surface area contributed by atoms with E-state index in [0.29, 0.717) is 11.1 Å². The lowest BCUT2D eigenvalue weighted by Gasteiger charge is -2.27. The van der Waals surface area contributed by atoms with E-state index in [1.165, 1.54) is 4.90 Å². The minimum atomic E-state index is -0.276. The summed E-state index contributed by atoms with van der Waals surface area (Å²) in [6.07, 6.45) is 3.29. The first-order valence-corrected chi connectivity index (χ1v) is 7.51. The number of carbonyl (C=O) groups is 2. The van der Waals surface area contributed by atoms with Gasteiger partial charge in [-0.15, -0.1) is 0 Å². The van der Waals surface area contributed by atoms with Gasteiger partial charge in [-0.05, 0) is 23.6 Å². The highest BCUT2D eigenvalue weighted by atomic mass is 79.9. The van der Waals surface area contributed by atoms with Gasteiger partial charge in [0.2, 0.25) is 0 Å². The van der Waals surface area contributed by atoms with E-state index in [4.69, 9.17) is 0 Å². The van der Waals surface area contributed by atoms with Crippen LogP contribution >= 0.6 is 15.9 Å². The summed E-state index contributed by atoms with van der Waals surface area (Å²) in [7, 11) is 0. The fourth-order valence-corrected chi connectivity index (χ4v) is 3.26. The second-order valence-electron chi connectivity index (χ2n) is 5.13. The van der Waals surface area contributed by atoms with Gasteiger partial charge in [0, 0.05) is 32.7 Å². The van der Waals surface area contributed by atoms with Gasteiger partial charge >= 0.3 is 0 Å². The first-order chi connectivity index (χ1) is 10.7. The molecule has 0 fully saturated rings. The SMILES string of the molecule is O=C1c2cccc3c(Br)ccc(c23)C(=O)N1Cc1cn[nH]c1. The molecule has 0 aliphatic carbocycles. The topological polar surface area (TPSA) is 66.1 Å². The van der Waals surface area contributed by atoms with Crippen LogP contribution in [-0.2, 0) is 6.54 Å². The van der Waals surface area contributed by atoms with Crippen LogP contribution in [0, 0.1) is 0 Å². The van der Waals surface area contributed by atoms with Gasteiger partial charge < -0.3 is 0 Å². The van der Waals surface area contributed by atoms with Crippen molar-refractivity contribution in [3.05, 3.63) is 63.9 Å². The first kappa shape index (κ1) is 13.2. The van der Waals surface area contributed by atoms with Crippen molar-refractivity contribution >= 4 is 38.5 Å². The molecule has 0 atom stereocenters. The van der Waals surface area contributed by atoms with Gasteiger partial charge in [0.25, 0.3) is 11.8 Å². The van der Waals surface area contributed by atoms with Crippen molar-refractivity contribution in [1.82, 2.24) is 15.1 Å². The number of H-pyrrole nitrogens is 1. The molecule has 0 saturated heterocycles. The van der Waals surface area contributed by atoms with E-state index >= 15 is 0 Å². The Morgan fingerprint density at radius 3 is 2.59 bits per heavy atom.